The van der Waals surface area contributed by atoms with E-state index in [0.717, 1.165) is 10.9 Å². The molecule has 8 nitrogen and oxygen atoms in total. The number of hydrogen-bond acceptors (Lipinski definition) is 7. The maximum Gasteiger partial charge on any atom is 0.344 e. The second-order valence-corrected chi connectivity index (χ2v) is 7.41. The van der Waals surface area contributed by atoms with Crippen molar-refractivity contribution in [2.75, 3.05) is 0 Å². The quantitative estimate of drug-likeness (QED) is 0.315. The van der Waals surface area contributed by atoms with Crippen LogP contribution in [0.1, 0.15) is 5.56 Å². The summed E-state index contributed by atoms with van der Waals surface area (Å²) in [6, 6.07) is 21.4. The minimum Gasteiger partial charge on any atom is -0.595 e. The maximum absolute atomic E-state index is 12.6. The summed E-state index contributed by atoms with van der Waals surface area (Å²) >= 11 is 0. The van der Waals surface area contributed by atoms with E-state index in [1.54, 1.807) is 48.5 Å². The van der Waals surface area contributed by atoms with Crippen molar-refractivity contribution in [3.63, 3.8) is 0 Å². The lowest BCUT2D eigenvalue weighted by atomic mass is 10.0. The molecule has 3 aromatic carbocycles. The van der Waals surface area contributed by atoms with E-state index in [1.165, 1.54) is 18.2 Å². The highest BCUT2D eigenvalue weighted by Crippen LogP contribution is 2.30. The Morgan fingerprint density at radius 3 is 2.42 bits per heavy atom. The molecule has 5 rings (SSSR count). The van der Waals surface area contributed by atoms with Gasteiger partial charge in [-0.05, 0) is 42.0 Å². The summed E-state index contributed by atoms with van der Waals surface area (Å²) in [6.45, 7) is 0.198. The van der Waals surface area contributed by atoms with Crippen molar-refractivity contribution in [1.82, 2.24) is 0 Å². The van der Waals surface area contributed by atoms with Gasteiger partial charge >= 0.3 is 11.3 Å². The number of fused-ring (bicyclic) bond motifs is 2. The summed E-state index contributed by atoms with van der Waals surface area (Å²) in [5, 5.41) is 20.3. The van der Waals surface area contributed by atoms with Crippen molar-refractivity contribution in [1.29, 1.82) is 0 Å². The molecule has 0 bridgehead atoms. The number of hydrogen-bond donors (Lipinski definition) is 2. The van der Waals surface area contributed by atoms with E-state index in [1.807, 2.05) is 12.1 Å². The Balaban J connectivity index is 1.49. The van der Waals surface area contributed by atoms with Gasteiger partial charge in [0.2, 0.25) is 0 Å². The Bertz CT molecular complexity index is 1580. The number of rotatable bonds is 5. The maximum atomic E-state index is 12.6. The summed E-state index contributed by atoms with van der Waals surface area (Å²) in [5.74, 6) is 0.454. The molecule has 164 valence electrons. The monoisotopic (exact) mass is 443 g/mol. The molecule has 0 aliphatic rings. The molecule has 0 saturated heterocycles. The smallest absolute Gasteiger partial charge is 0.344 e. The van der Waals surface area contributed by atoms with Crippen LogP contribution in [0.4, 0.5) is 5.69 Å². The molecule has 0 aliphatic carbocycles. The molecule has 2 N–H and O–H groups in total. The first kappa shape index (κ1) is 20.7. The molecule has 8 heteroatoms. The topological polar surface area (TPSA) is 117 Å². The molecule has 0 aliphatic heterocycles. The van der Waals surface area contributed by atoms with Gasteiger partial charge in [0, 0.05) is 40.6 Å². The van der Waals surface area contributed by atoms with Gasteiger partial charge in [0.25, 0.3) is 0 Å². The molecule has 2 aromatic heterocycles. The van der Waals surface area contributed by atoms with Crippen molar-refractivity contribution in [2.24, 2.45) is 0 Å². The van der Waals surface area contributed by atoms with Gasteiger partial charge in [-0.25, -0.2) is 14.8 Å². The first-order chi connectivity index (χ1) is 16.0. The molecule has 0 radical (unpaired) electrons. The molecule has 33 heavy (non-hydrogen) atoms. The van der Waals surface area contributed by atoms with Gasteiger partial charge in [0.05, 0.1) is 5.56 Å². The van der Waals surface area contributed by atoms with E-state index in [2.05, 4.69) is 0 Å². The summed E-state index contributed by atoms with van der Waals surface area (Å²) in [4.78, 5) is 24.9. The van der Waals surface area contributed by atoms with Gasteiger partial charge in [0.1, 0.15) is 23.5 Å². The van der Waals surface area contributed by atoms with Gasteiger partial charge in [-0.2, -0.15) is 5.23 Å². The second-order valence-electron chi connectivity index (χ2n) is 7.41. The van der Waals surface area contributed by atoms with E-state index < -0.39 is 16.5 Å². The lowest BCUT2D eigenvalue weighted by Gasteiger charge is -2.12. The third kappa shape index (κ3) is 4.13. The Morgan fingerprint density at radius 1 is 0.848 bits per heavy atom. The van der Waals surface area contributed by atoms with Crippen LogP contribution in [0, 0.1) is 5.21 Å². The lowest BCUT2D eigenvalue weighted by Crippen LogP contribution is -2.99. The average Bonchev–Trinajstić information content (AvgIpc) is 2.81. The highest BCUT2D eigenvalue weighted by atomic mass is 16.8. The van der Waals surface area contributed by atoms with Crippen LogP contribution >= 0.6 is 0 Å². The molecule has 2 heterocycles. The van der Waals surface area contributed by atoms with E-state index in [4.69, 9.17) is 18.8 Å². The largest absolute Gasteiger partial charge is 0.595 e. The van der Waals surface area contributed by atoms with Crippen molar-refractivity contribution < 1.29 is 24.0 Å². The fourth-order valence-corrected chi connectivity index (χ4v) is 3.62. The van der Waals surface area contributed by atoms with Gasteiger partial charge < -0.3 is 18.8 Å². The third-order valence-corrected chi connectivity index (χ3v) is 5.25. The summed E-state index contributed by atoms with van der Waals surface area (Å²) in [7, 11) is 0. The van der Waals surface area contributed by atoms with E-state index in [9.17, 15) is 14.8 Å². The highest BCUT2D eigenvalue weighted by Gasteiger charge is 2.14. The fraction of sp³-hybridized carbons (Fsp3) is 0.0400. The lowest BCUT2D eigenvalue weighted by molar-refractivity contribution is -0.991. The zero-order valence-electron chi connectivity index (χ0n) is 17.1. The van der Waals surface area contributed by atoms with Crippen LogP contribution in [0.5, 0.6) is 5.75 Å². The minimum atomic E-state index is -0.997. The van der Waals surface area contributed by atoms with Crippen LogP contribution < -0.4 is 21.2 Å². The molecule has 0 spiro atoms. The standard InChI is InChI=1S/C25H17NO7/c27-24-13-20(21-11-16-3-1-2-4-22(16)33-25(21)28)19-10-9-18(12-23(19)32-24)31-14-15-5-7-17(8-6-15)26(29)30/h1-13,26,29H,14H2. The SMILES string of the molecule is O=c1cc(-c2cc3ccccc3oc2=O)c2ccc(OCc3ccc([NH+]([O-])O)cc3)cc2o1. The van der Waals surface area contributed by atoms with Crippen LogP contribution in [0.25, 0.3) is 33.1 Å². The zero-order chi connectivity index (χ0) is 22.9. The zero-order valence-corrected chi connectivity index (χ0v) is 17.1. The number of benzene rings is 3. The van der Waals surface area contributed by atoms with E-state index in [-0.39, 0.29) is 23.4 Å². The number of nitrogens with one attached hydrogen (secondary N) is 1. The Kier molecular flexibility index (Phi) is 5.23. The molecule has 5 aromatic rings. The van der Waals surface area contributed by atoms with Crippen LogP contribution in [0.2, 0.25) is 0 Å². The average molecular weight is 443 g/mol. The summed E-state index contributed by atoms with van der Waals surface area (Å²) in [5.41, 5.74) is 1.22. The van der Waals surface area contributed by atoms with Crippen molar-refractivity contribution >= 4 is 27.6 Å². The molecule has 1 unspecified atom stereocenters. The summed E-state index contributed by atoms with van der Waals surface area (Å²) < 4.78 is 16.6. The third-order valence-electron chi connectivity index (χ3n) is 5.25. The highest BCUT2D eigenvalue weighted by molar-refractivity contribution is 5.95. The molecular weight excluding hydrogens is 426 g/mol. The Morgan fingerprint density at radius 2 is 1.64 bits per heavy atom. The van der Waals surface area contributed by atoms with E-state index >= 15 is 0 Å². The van der Waals surface area contributed by atoms with Crippen molar-refractivity contribution in [3.8, 4) is 16.9 Å². The minimum absolute atomic E-state index is 0.192. The van der Waals surface area contributed by atoms with Gasteiger partial charge in [0.15, 0.2) is 5.69 Å². The first-order valence-corrected chi connectivity index (χ1v) is 10.0. The number of para-hydroxylation sites is 1. The fourth-order valence-electron chi connectivity index (χ4n) is 3.62. The van der Waals surface area contributed by atoms with Crippen LogP contribution in [-0.4, -0.2) is 5.21 Å². The van der Waals surface area contributed by atoms with Gasteiger partial charge in [-0.3, -0.25) is 0 Å². The summed E-state index contributed by atoms with van der Waals surface area (Å²) in [6.07, 6.45) is 0. The van der Waals surface area contributed by atoms with Gasteiger partial charge in [-0.1, -0.05) is 18.2 Å². The van der Waals surface area contributed by atoms with Crippen molar-refractivity contribution in [3.05, 3.63) is 110 Å². The normalized spacial score (nSPS) is 12.2. The van der Waals surface area contributed by atoms with Crippen LogP contribution in [-0.2, 0) is 6.61 Å². The second kappa shape index (κ2) is 8.36. The molecule has 0 fully saturated rings. The predicted molar refractivity (Wildman–Crippen MR) is 121 cm³/mol. The molecule has 0 amide bonds. The molecule has 0 saturated carbocycles. The number of quaternary nitrogens is 1. The Labute approximate surface area is 186 Å². The van der Waals surface area contributed by atoms with Crippen LogP contribution in [0.15, 0.2) is 97.3 Å². The molecular formula is C25H17NO7. The number of ether oxygens (including phenoxy) is 1. The molecule has 1 atom stereocenters. The van der Waals surface area contributed by atoms with Gasteiger partial charge in [-0.15, -0.1) is 0 Å². The van der Waals surface area contributed by atoms with Crippen LogP contribution in [0.3, 0.4) is 0 Å². The predicted octanol–water partition coefficient (Wildman–Crippen LogP) is 3.55. The Hall–Kier alpha value is -4.24. The van der Waals surface area contributed by atoms with Crippen molar-refractivity contribution in [2.45, 2.75) is 6.61 Å². The van der Waals surface area contributed by atoms with E-state index in [0.29, 0.717) is 22.3 Å². The first-order valence-electron chi connectivity index (χ1n) is 10.0.